The summed E-state index contributed by atoms with van der Waals surface area (Å²) in [6.07, 6.45) is 21.3. The molecule has 0 amide bonds. The van der Waals surface area contributed by atoms with Crippen LogP contribution in [0.3, 0.4) is 0 Å². The van der Waals surface area contributed by atoms with Crippen LogP contribution in [0.25, 0.3) is 6.08 Å². The van der Waals surface area contributed by atoms with Gasteiger partial charge in [-0.3, -0.25) is 0 Å². The molecule has 3 rings (SSSR count). The third kappa shape index (κ3) is 6.03. The summed E-state index contributed by atoms with van der Waals surface area (Å²) in [7, 11) is 0. The van der Waals surface area contributed by atoms with E-state index >= 15 is 0 Å². The molecule has 1 aromatic rings. The molecule has 1 aromatic carbocycles. The van der Waals surface area contributed by atoms with Crippen LogP contribution in [0.2, 0.25) is 0 Å². The predicted octanol–water partition coefficient (Wildman–Crippen LogP) is 9.67. The van der Waals surface area contributed by atoms with E-state index in [1.165, 1.54) is 84.7 Å². The fourth-order valence-electron chi connectivity index (χ4n) is 6.03. The molecular formula is C31H45F. The summed E-state index contributed by atoms with van der Waals surface area (Å²) in [6.45, 7) is 13.8. The van der Waals surface area contributed by atoms with Gasteiger partial charge >= 0.3 is 0 Å². The summed E-state index contributed by atoms with van der Waals surface area (Å²) in [5, 5.41) is 0. The molecule has 0 saturated heterocycles. The van der Waals surface area contributed by atoms with Crippen LogP contribution in [0.1, 0.15) is 98.1 Å². The maximum absolute atomic E-state index is 12.2. The van der Waals surface area contributed by atoms with Gasteiger partial charge in [-0.05, 0) is 156 Å². The van der Waals surface area contributed by atoms with Crippen molar-refractivity contribution in [2.24, 2.45) is 23.7 Å². The van der Waals surface area contributed by atoms with Gasteiger partial charge < -0.3 is 0 Å². The zero-order valence-electron chi connectivity index (χ0n) is 21.4. The van der Waals surface area contributed by atoms with E-state index in [1.54, 1.807) is 11.6 Å². The highest BCUT2D eigenvalue weighted by molar-refractivity contribution is 5.65. The first kappa shape index (κ1) is 25.0. The molecule has 0 nitrogen and oxygen atoms in total. The topological polar surface area (TPSA) is 0 Å². The van der Waals surface area contributed by atoms with Gasteiger partial charge in [-0.15, -0.1) is 0 Å². The fourth-order valence-corrected chi connectivity index (χ4v) is 6.03. The van der Waals surface area contributed by atoms with Crippen LogP contribution in [0.4, 0.5) is 4.39 Å². The van der Waals surface area contributed by atoms with Crippen molar-refractivity contribution in [1.29, 1.82) is 0 Å². The lowest BCUT2D eigenvalue weighted by molar-refractivity contribution is 0.308. The normalized spacial score (nSPS) is 27.5. The van der Waals surface area contributed by atoms with Gasteiger partial charge in [-0.1, -0.05) is 29.9 Å². The van der Waals surface area contributed by atoms with Crippen molar-refractivity contribution in [1.82, 2.24) is 0 Å². The van der Waals surface area contributed by atoms with E-state index in [4.69, 9.17) is 0 Å². The first-order valence-electron chi connectivity index (χ1n) is 13.0. The summed E-state index contributed by atoms with van der Waals surface area (Å²) < 4.78 is 12.2. The molecule has 0 bridgehead atoms. The molecule has 0 heterocycles. The Balaban J connectivity index is 1.53. The number of rotatable bonds is 6. The lowest BCUT2D eigenvalue weighted by atomic mass is 9.76. The monoisotopic (exact) mass is 436 g/mol. The Morgan fingerprint density at radius 2 is 1.19 bits per heavy atom. The molecule has 0 atom stereocenters. The minimum absolute atomic E-state index is 0.699. The molecular weight excluding hydrogens is 391 g/mol. The Labute approximate surface area is 197 Å². The van der Waals surface area contributed by atoms with E-state index in [0.717, 1.165) is 24.2 Å². The molecule has 0 N–H and O–H groups in total. The highest BCUT2D eigenvalue weighted by atomic mass is 19.1. The highest BCUT2D eigenvalue weighted by Crippen LogP contribution is 2.37. The second kappa shape index (κ2) is 11.5. The summed E-state index contributed by atoms with van der Waals surface area (Å²) >= 11 is 0. The summed E-state index contributed by atoms with van der Waals surface area (Å²) in [4.78, 5) is 0. The Hall–Kier alpha value is -1.63. The van der Waals surface area contributed by atoms with Crippen molar-refractivity contribution in [2.75, 3.05) is 0 Å². The molecule has 176 valence electrons. The molecule has 2 aliphatic rings. The van der Waals surface area contributed by atoms with Gasteiger partial charge in [0.05, 0.1) is 6.33 Å². The third-order valence-corrected chi connectivity index (χ3v) is 8.95. The zero-order chi connectivity index (χ0) is 23.3. The van der Waals surface area contributed by atoms with Gasteiger partial charge in [0, 0.05) is 0 Å². The van der Waals surface area contributed by atoms with Crippen molar-refractivity contribution >= 4 is 6.08 Å². The number of benzene rings is 1. The van der Waals surface area contributed by atoms with Crippen molar-refractivity contribution in [3.8, 4) is 0 Å². The summed E-state index contributed by atoms with van der Waals surface area (Å²) in [5.74, 6) is 2.95. The van der Waals surface area contributed by atoms with Gasteiger partial charge in [-0.2, -0.15) is 0 Å². The highest BCUT2D eigenvalue weighted by Gasteiger charge is 2.23. The zero-order valence-corrected chi connectivity index (χ0v) is 21.4. The lowest BCUT2D eigenvalue weighted by Gasteiger charge is -2.29. The van der Waals surface area contributed by atoms with Gasteiger partial charge in [0.15, 0.2) is 0 Å². The standard InChI is InChI=1S/C31H45F/c1-21(20-31-25(5)23(3)22(2)24(4)26(31)6)30-17-15-29(16-18-30)14-13-28-11-9-27(10-12-28)8-7-19-32/h7,13-14,19-20,27-30H,8-12,15-18H2,1-6H3/b14-13?,19-7+,21-20?. The van der Waals surface area contributed by atoms with Crippen molar-refractivity contribution in [2.45, 2.75) is 99.3 Å². The Kier molecular flexibility index (Phi) is 8.97. The van der Waals surface area contributed by atoms with Crippen LogP contribution in [0.5, 0.6) is 0 Å². The number of hydrogen-bond acceptors (Lipinski definition) is 0. The second-order valence-corrected chi connectivity index (χ2v) is 10.8. The predicted molar refractivity (Wildman–Crippen MR) is 139 cm³/mol. The van der Waals surface area contributed by atoms with Crippen molar-refractivity contribution < 1.29 is 4.39 Å². The quantitative estimate of drug-likeness (QED) is 0.389. The Morgan fingerprint density at radius 1 is 0.719 bits per heavy atom. The molecule has 2 aliphatic carbocycles. The maximum Gasteiger partial charge on any atom is 0.0827 e. The third-order valence-electron chi connectivity index (χ3n) is 8.95. The number of halogens is 1. The van der Waals surface area contributed by atoms with Crippen LogP contribution in [-0.4, -0.2) is 0 Å². The molecule has 2 fully saturated rings. The SMILES string of the molecule is CC(=Cc1c(C)c(C)c(C)c(C)c1C)C1CCC(C=CC2CCC(C/C=C/F)CC2)CC1. The summed E-state index contributed by atoms with van der Waals surface area (Å²) in [6, 6.07) is 0. The van der Waals surface area contributed by atoms with E-state index in [2.05, 4.69) is 59.8 Å². The molecule has 0 spiro atoms. The van der Waals surface area contributed by atoms with E-state index < -0.39 is 0 Å². The minimum Gasteiger partial charge on any atom is -0.216 e. The second-order valence-electron chi connectivity index (χ2n) is 10.8. The average Bonchev–Trinajstić information content (AvgIpc) is 2.82. The van der Waals surface area contributed by atoms with Gasteiger partial charge in [0.25, 0.3) is 0 Å². The number of allylic oxidation sites excluding steroid dienone is 4. The molecule has 2 saturated carbocycles. The van der Waals surface area contributed by atoms with E-state index in [9.17, 15) is 4.39 Å². The minimum atomic E-state index is 0.699. The molecule has 0 aromatic heterocycles. The number of hydrogen-bond donors (Lipinski definition) is 0. The van der Waals surface area contributed by atoms with Gasteiger partial charge in [-0.25, -0.2) is 4.39 Å². The van der Waals surface area contributed by atoms with Crippen LogP contribution in [0.15, 0.2) is 30.1 Å². The Bertz CT molecular complexity index is 824. The van der Waals surface area contributed by atoms with Crippen molar-refractivity contribution in [3.05, 3.63) is 63.5 Å². The van der Waals surface area contributed by atoms with Crippen molar-refractivity contribution in [3.63, 3.8) is 0 Å². The summed E-state index contributed by atoms with van der Waals surface area (Å²) in [5.41, 5.74) is 10.3. The van der Waals surface area contributed by atoms with E-state index in [0.29, 0.717) is 12.2 Å². The van der Waals surface area contributed by atoms with E-state index in [1.807, 2.05) is 0 Å². The Morgan fingerprint density at radius 3 is 1.69 bits per heavy atom. The lowest BCUT2D eigenvalue weighted by Crippen LogP contribution is -2.15. The first-order valence-corrected chi connectivity index (χ1v) is 13.0. The van der Waals surface area contributed by atoms with E-state index in [-0.39, 0.29) is 0 Å². The molecule has 0 unspecified atom stereocenters. The molecule has 0 aliphatic heterocycles. The van der Waals surface area contributed by atoms with Crippen LogP contribution in [-0.2, 0) is 0 Å². The molecule has 1 heteroatoms. The van der Waals surface area contributed by atoms with Crippen LogP contribution < -0.4 is 0 Å². The van der Waals surface area contributed by atoms with Gasteiger partial charge in [0.2, 0.25) is 0 Å². The smallest absolute Gasteiger partial charge is 0.0827 e. The van der Waals surface area contributed by atoms with Crippen LogP contribution in [0, 0.1) is 58.3 Å². The maximum atomic E-state index is 12.2. The molecule has 32 heavy (non-hydrogen) atoms. The van der Waals surface area contributed by atoms with Crippen LogP contribution >= 0.6 is 0 Å². The fraction of sp³-hybridized carbons (Fsp3) is 0.613. The largest absolute Gasteiger partial charge is 0.216 e. The van der Waals surface area contributed by atoms with Gasteiger partial charge in [0.1, 0.15) is 0 Å². The first-order chi connectivity index (χ1) is 15.3. The molecule has 0 radical (unpaired) electrons. The average molecular weight is 437 g/mol.